The minimum absolute atomic E-state index is 0.605. The molecule has 0 aliphatic rings. The van der Waals surface area contributed by atoms with Crippen LogP contribution < -0.4 is 11.1 Å². The molecule has 0 saturated carbocycles. The van der Waals surface area contributed by atoms with E-state index in [2.05, 4.69) is 43.4 Å². The van der Waals surface area contributed by atoms with Crippen LogP contribution in [0.25, 0.3) is 0 Å². The Morgan fingerprint density at radius 3 is 2.38 bits per heavy atom. The van der Waals surface area contributed by atoms with Crippen LogP contribution in [0.2, 0.25) is 0 Å². The van der Waals surface area contributed by atoms with E-state index < -0.39 is 0 Å². The molecule has 0 heterocycles. The van der Waals surface area contributed by atoms with Gasteiger partial charge in [0, 0.05) is 12.6 Å². The average Bonchev–Trinajstić information content (AvgIpc) is 2.29. The third kappa shape index (κ3) is 4.77. The molecule has 0 aliphatic carbocycles. The molecule has 0 radical (unpaired) electrons. The summed E-state index contributed by atoms with van der Waals surface area (Å²) in [7, 11) is 0. The maximum Gasteiger partial charge on any atom is 0.0207 e. The van der Waals surface area contributed by atoms with Crippen molar-refractivity contribution in [3.8, 4) is 0 Å². The second-order valence-corrected chi connectivity index (χ2v) is 4.43. The van der Waals surface area contributed by atoms with Crippen LogP contribution in [0.4, 0.5) is 0 Å². The van der Waals surface area contributed by atoms with Crippen molar-refractivity contribution in [3.63, 3.8) is 0 Å². The number of nitrogens with two attached hydrogens (primary N) is 1. The fraction of sp³-hybridized carbons (Fsp3) is 0.571. The molecular weight excluding hydrogens is 196 g/mol. The predicted molar refractivity (Wildman–Crippen MR) is 70.4 cm³/mol. The van der Waals surface area contributed by atoms with Gasteiger partial charge >= 0.3 is 0 Å². The van der Waals surface area contributed by atoms with Gasteiger partial charge in [-0.1, -0.05) is 37.6 Å². The summed E-state index contributed by atoms with van der Waals surface area (Å²) < 4.78 is 0. The fourth-order valence-corrected chi connectivity index (χ4v) is 1.82. The van der Waals surface area contributed by atoms with Gasteiger partial charge in [-0.25, -0.2) is 0 Å². The zero-order chi connectivity index (χ0) is 11.8. The molecule has 0 aliphatic heterocycles. The maximum absolute atomic E-state index is 5.52. The Bertz CT molecular complexity index is 279. The van der Waals surface area contributed by atoms with Crippen LogP contribution in [0.5, 0.6) is 0 Å². The Balaban J connectivity index is 2.37. The quantitative estimate of drug-likeness (QED) is 0.741. The van der Waals surface area contributed by atoms with E-state index in [1.807, 2.05) is 0 Å². The molecule has 0 fully saturated rings. The highest BCUT2D eigenvalue weighted by molar-refractivity contribution is 5.22. The van der Waals surface area contributed by atoms with E-state index in [1.54, 1.807) is 0 Å². The lowest BCUT2D eigenvalue weighted by atomic mass is 10.1. The van der Waals surface area contributed by atoms with Gasteiger partial charge in [0.15, 0.2) is 0 Å². The summed E-state index contributed by atoms with van der Waals surface area (Å²) in [4.78, 5) is 0. The first-order valence-electron chi connectivity index (χ1n) is 6.27. The molecule has 1 atom stereocenters. The summed E-state index contributed by atoms with van der Waals surface area (Å²) in [6.45, 7) is 6.15. The van der Waals surface area contributed by atoms with Crippen molar-refractivity contribution in [2.75, 3.05) is 6.54 Å². The van der Waals surface area contributed by atoms with Gasteiger partial charge in [0.1, 0.15) is 0 Å². The van der Waals surface area contributed by atoms with Crippen LogP contribution in [0.3, 0.4) is 0 Å². The van der Waals surface area contributed by atoms with Gasteiger partial charge in [-0.2, -0.15) is 0 Å². The molecule has 1 aromatic rings. The maximum atomic E-state index is 5.52. The van der Waals surface area contributed by atoms with Crippen molar-refractivity contribution < 1.29 is 0 Å². The van der Waals surface area contributed by atoms with Gasteiger partial charge < -0.3 is 11.1 Å². The molecule has 0 aromatic heterocycles. The second kappa shape index (κ2) is 7.42. The lowest BCUT2D eigenvalue weighted by Crippen LogP contribution is -2.25. The Kier molecular flexibility index (Phi) is 6.12. The second-order valence-electron chi connectivity index (χ2n) is 4.43. The van der Waals surface area contributed by atoms with Crippen LogP contribution in [0.15, 0.2) is 24.3 Å². The van der Waals surface area contributed by atoms with Crippen LogP contribution in [0.1, 0.15) is 37.8 Å². The summed E-state index contributed by atoms with van der Waals surface area (Å²) in [5.74, 6) is 0. The molecule has 0 amide bonds. The zero-order valence-corrected chi connectivity index (χ0v) is 10.5. The van der Waals surface area contributed by atoms with Crippen molar-refractivity contribution in [3.05, 3.63) is 35.4 Å². The largest absolute Gasteiger partial charge is 0.330 e. The van der Waals surface area contributed by atoms with Gasteiger partial charge in [-0.15, -0.1) is 0 Å². The van der Waals surface area contributed by atoms with Crippen molar-refractivity contribution in [1.82, 2.24) is 5.32 Å². The summed E-state index contributed by atoms with van der Waals surface area (Å²) in [6.07, 6.45) is 3.45. The SMILES string of the molecule is CCCC(C)NCc1ccc(CCN)cc1. The Morgan fingerprint density at radius 2 is 1.81 bits per heavy atom. The van der Waals surface area contributed by atoms with Gasteiger partial charge in [0.05, 0.1) is 0 Å². The fourth-order valence-electron chi connectivity index (χ4n) is 1.82. The van der Waals surface area contributed by atoms with E-state index in [9.17, 15) is 0 Å². The lowest BCUT2D eigenvalue weighted by Gasteiger charge is -2.12. The first-order chi connectivity index (χ1) is 7.76. The van der Waals surface area contributed by atoms with E-state index in [0.717, 1.165) is 19.5 Å². The standard InChI is InChI=1S/C14H24N2/c1-3-4-12(2)16-11-14-7-5-13(6-8-14)9-10-15/h5-8,12,16H,3-4,9-11,15H2,1-2H3. The van der Waals surface area contributed by atoms with E-state index in [1.165, 1.54) is 24.0 Å². The van der Waals surface area contributed by atoms with Crippen LogP contribution in [-0.2, 0) is 13.0 Å². The van der Waals surface area contributed by atoms with Crippen LogP contribution in [-0.4, -0.2) is 12.6 Å². The number of nitrogens with one attached hydrogen (secondary N) is 1. The summed E-state index contributed by atoms with van der Waals surface area (Å²) in [5.41, 5.74) is 8.20. The Hall–Kier alpha value is -0.860. The molecule has 0 saturated heterocycles. The van der Waals surface area contributed by atoms with E-state index in [4.69, 9.17) is 5.73 Å². The lowest BCUT2D eigenvalue weighted by molar-refractivity contribution is 0.508. The minimum atomic E-state index is 0.605. The summed E-state index contributed by atoms with van der Waals surface area (Å²) >= 11 is 0. The van der Waals surface area contributed by atoms with Crippen molar-refractivity contribution in [1.29, 1.82) is 0 Å². The first kappa shape index (κ1) is 13.2. The van der Waals surface area contributed by atoms with Gasteiger partial charge in [0.2, 0.25) is 0 Å². The van der Waals surface area contributed by atoms with E-state index in [-0.39, 0.29) is 0 Å². The zero-order valence-electron chi connectivity index (χ0n) is 10.5. The molecule has 2 heteroatoms. The number of benzene rings is 1. The number of rotatable bonds is 7. The van der Waals surface area contributed by atoms with Crippen LogP contribution in [0, 0.1) is 0 Å². The van der Waals surface area contributed by atoms with Crippen molar-refractivity contribution >= 4 is 0 Å². The number of hydrogen-bond donors (Lipinski definition) is 2. The number of hydrogen-bond acceptors (Lipinski definition) is 2. The topological polar surface area (TPSA) is 38.0 Å². The normalized spacial score (nSPS) is 12.7. The Labute approximate surface area is 99.2 Å². The van der Waals surface area contributed by atoms with Gasteiger partial charge in [0.25, 0.3) is 0 Å². The minimum Gasteiger partial charge on any atom is -0.330 e. The summed E-state index contributed by atoms with van der Waals surface area (Å²) in [6, 6.07) is 9.34. The third-order valence-corrected chi connectivity index (χ3v) is 2.83. The monoisotopic (exact) mass is 220 g/mol. The average molecular weight is 220 g/mol. The highest BCUT2D eigenvalue weighted by Gasteiger charge is 1.99. The summed E-state index contributed by atoms with van der Waals surface area (Å²) in [5, 5.41) is 3.53. The van der Waals surface area contributed by atoms with Crippen molar-refractivity contribution in [2.45, 2.75) is 45.7 Å². The molecule has 90 valence electrons. The highest BCUT2D eigenvalue weighted by Crippen LogP contribution is 2.05. The molecule has 1 aromatic carbocycles. The van der Waals surface area contributed by atoms with Crippen molar-refractivity contribution in [2.24, 2.45) is 5.73 Å². The smallest absolute Gasteiger partial charge is 0.0207 e. The molecule has 0 spiro atoms. The molecule has 0 bridgehead atoms. The molecule has 1 unspecified atom stereocenters. The molecular formula is C14H24N2. The van der Waals surface area contributed by atoms with E-state index >= 15 is 0 Å². The molecule has 3 N–H and O–H groups in total. The molecule has 16 heavy (non-hydrogen) atoms. The predicted octanol–water partition coefficient (Wildman–Crippen LogP) is 2.47. The Morgan fingerprint density at radius 1 is 1.19 bits per heavy atom. The van der Waals surface area contributed by atoms with Gasteiger partial charge in [-0.05, 0) is 37.4 Å². The first-order valence-corrected chi connectivity index (χ1v) is 6.27. The molecule has 2 nitrogen and oxygen atoms in total. The highest BCUT2D eigenvalue weighted by atomic mass is 14.9. The molecule has 1 rings (SSSR count). The van der Waals surface area contributed by atoms with Crippen LogP contribution >= 0.6 is 0 Å². The third-order valence-electron chi connectivity index (χ3n) is 2.83. The van der Waals surface area contributed by atoms with E-state index in [0.29, 0.717) is 6.04 Å². The van der Waals surface area contributed by atoms with Gasteiger partial charge in [-0.3, -0.25) is 0 Å².